The monoisotopic (exact) mass is 905 g/mol. The molecule has 4 atom stereocenters. The number of nitriles is 1. The van der Waals surface area contributed by atoms with Gasteiger partial charge in [-0.15, -0.1) is 0 Å². The van der Waals surface area contributed by atoms with Gasteiger partial charge in [0.15, 0.2) is 0 Å². The molecular formula is C47H59N11O8. The molecule has 1 aliphatic heterocycles. The molecule has 0 saturated carbocycles. The van der Waals surface area contributed by atoms with Crippen molar-refractivity contribution in [2.45, 2.75) is 71.1 Å². The molecule has 0 radical (unpaired) electrons. The Morgan fingerprint density at radius 1 is 0.924 bits per heavy atom. The van der Waals surface area contributed by atoms with Crippen molar-refractivity contribution in [2.24, 2.45) is 23.1 Å². The van der Waals surface area contributed by atoms with E-state index in [0.717, 1.165) is 12.0 Å². The Balaban J connectivity index is 1.52. The highest BCUT2D eigenvalue weighted by Crippen LogP contribution is 2.40. The number of benzene rings is 3. The summed E-state index contributed by atoms with van der Waals surface area (Å²) < 4.78 is 18.0. The molecule has 1 aromatic heterocycles. The van der Waals surface area contributed by atoms with Crippen molar-refractivity contribution in [2.75, 3.05) is 46.4 Å². The number of aromatic nitrogens is 2. The molecule has 5 rings (SSSR count). The standard InChI is InChI=1S/C47H59N11O8/c1-27(2)22-30-6-10-33(11-7-30)66-47-53-26-36(28(3)55-47)43(60)56-37(14-15-48)46(63)58(5)41-32-9-13-40(65-21-18-51)35(25-32)34-23-31(8-12-39(34)64-20-17-50)24-38(44(61)52-19-16-49)57-42(59)29(4)54-45(41)62/h6-13,23,25-27,29,37-38,41H,14-15,17-22,24,48,50-51H2,1-5H3,(H,52,61)(H,54,62)(H,56,60)(H,57,59)/t29-,37-,38-,41-/m0/s1. The predicted molar refractivity (Wildman–Crippen MR) is 245 cm³/mol. The lowest BCUT2D eigenvalue weighted by Crippen LogP contribution is -2.56. The number of hydrogen-bond donors (Lipinski definition) is 7. The number of amides is 5. The Morgan fingerprint density at radius 2 is 1.59 bits per heavy atom. The van der Waals surface area contributed by atoms with Gasteiger partial charge in [-0.1, -0.05) is 38.1 Å². The smallest absolute Gasteiger partial charge is 0.322 e. The quantitative estimate of drug-likeness (QED) is 0.0703. The molecule has 3 aromatic carbocycles. The van der Waals surface area contributed by atoms with Crippen molar-refractivity contribution >= 4 is 29.5 Å². The van der Waals surface area contributed by atoms with E-state index >= 15 is 0 Å². The number of fused-ring (bicyclic) bond motifs is 5. The Labute approximate surface area is 384 Å². The number of carbonyl (C=O) groups is 5. The number of nitrogens with zero attached hydrogens (tertiary/aromatic N) is 4. The first-order valence-electron chi connectivity index (χ1n) is 21.7. The second-order valence-corrected chi connectivity index (χ2v) is 16.2. The maximum absolute atomic E-state index is 14.6. The van der Waals surface area contributed by atoms with E-state index in [1.165, 1.54) is 25.1 Å². The molecule has 350 valence electrons. The lowest BCUT2D eigenvalue weighted by atomic mass is 9.93. The van der Waals surface area contributed by atoms with Gasteiger partial charge in [-0.3, -0.25) is 24.0 Å². The van der Waals surface area contributed by atoms with Gasteiger partial charge in [0.05, 0.1) is 17.3 Å². The number of ether oxygens (including phenoxy) is 3. The van der Waals surface area contributed by atoms with E-state index in [4.69, 9.17) is 36.7 Å². The number of aryl methyl sites for hydroxylation is 1. The maximum atomic E-state index is 14.6. The van der Waals surface area contributed by atoms with Gasteiger partial charge in [-0.25, -0.2) is 4.98 Å². The van der Waals surface area contributed by atoms with Crippen LogP contribution in [0.4, 0.5) is 0 Å². The summed E-state index contributed by atoms with van der Waals surface area (Å²) in [5.74, 6) is -1.67. The summed E-state index contributed by atoms with van der Waals surface area (Å²) in [5, 5.41) is 19.8. The molecule has 0 spiro atoms. The fourth-order valence-corrected chi connectivity index (χ4v) is 7.35. The third kappa shape index (κ3) is 13.0. The Morgan fingerprint density at radius 3 is 2.21 bits per heavy atom. The fraction of sp³-hybridized carbons (Fsp3) is 0.404. The van der Waals surface area contributed by atoms with E-state index in [0.29, 0.717) is 45.4 Å². The lowest BCUT2D eigenvalue weighted by molar-refractivity contribution is -0.141. The summed E-state index contributed by atoms with van der Waals surface area (Å²) in [4.78, 5) is 79.8. The van der Waals surface area contributed by atoms with Gasteiger partial charge < -0.3 is 57.6 Å². The van der Waals surface area contributed by atoms with E-state index in [1.807, 2.05) is 30.3 Å². The third-order valence-electron chi connectivity index (χ3n) is 10.6. The summed E-state index contributed by atoms with van der Waals surface area (Å²) in [6, 6.07) is 14.5. The van der Waals surface area contributed by atoms with Crippen LogP contribution < -0.4 is 52.7 Å². The summed E-state index contributed by atoms with van der Waals surface area (Å²) in [5.41, 5.74) is 21.0. The number of hydrogen-bond acceptors (Lipinski definition) is 14. The molecule has 0 fully saturated rings. The molecule has 1 aliphatic rings. The normalized spacial score (nSPS) is 16.4. The van der Waals surface area contributed by atoms with Gasteiger partial charge >= 0.3 is 6.01 Å². The van der Waals surface area contributed by atoms with E-state index in [9.17, 15) is 24.0 Å². The van der Waals surface area contributed by atoms with E-state index < -0.39 is 53.7 Å². The van der Waals surface area contributed by atoms with E-state index in [2.05, 4.69) is 45.1 Å². The Bertz CT molecular complexity index is 2410. The maximum Gasteiger partial charge on any atom is 0.322 e. The predicted octanol–water partition coefficient (Wildman–Crippen LogP) is 1.95. The molecule has 66 heavy (non-hydrogen) atoms. The molecule has 0 aliphatic carbocycles. The molecule has 2 heterocycles. The highest BCUT2D eigenvalue weighted by molar-refractivity contribution is 6.00. The molecule has 10 N–H and O–H groups in total. The van der Waals surface area contributed by atoms with Crippen molar-refractivity contribution < 1.29 is 38.2 Å². The lowest BCUT2D eigenvalue weighted by Gasteiger charge is -2.32. The Hall–Kier alpha value is -7.14. The number of nitrogens with one attached hydrogen (secondary N) is 4. The third-order valence-corrected chi connectivity index (χ3v) is 10.6. The highest BCUT2D eigenvalue weighted by atomic mass is 16.5. The zero-order valence-corrected chi connectivity index (χ0v) is 37.9. The average molecular weight is 906 g/mol. The zero-order valence-electron chi connectivity index (χ0n) is 37.9. The van der Waals surface area contributed by atoms with Crippen LogP contribution in [0.25, 0.3) is 11.1 Å². The molecule has 0 unspecified atom stereocenters. The van der Waals surface area contributed by atoms with Crippen molar-refractivity contribution in [3.05, 3.63) is 94.8 Å². The molecule has 19 heteroatoms. The number of likely N-dealkylation sites (N-methyl/N-ethyl adjacent to an activating group) is 1. The van der Waals surface area contributed by atoms with Crippen LogP contribution in [0.15, 0.2) is 66.9 Å². The minimum absolute atomic E-state index is 0.00271. The largest absolute Gasteiger partial charge is 0.492 e. The summed E-state index contributed by atoms with van der Waals surface area (Å²) in [6.45, 7) is 7.65. The number of nitrogens with two attached hydrogens (primary N) is 3. The fourth-order valence-electron chi connectivity index (χ4n) is 7.35. The van der Waals surface area contributed by atoms with Crippen LogP contribution in [0.3, 0.4) is 0 Å². The van der Waals surface area contributed by atoms with Crippen molar-refractivity contribution in [1.29, 1.82) is 5.26 Å². The van der Waals surface area contributed by atoms with Gasteiger partial charge in [0, 0.05) is 43.9 Å². The SMILES string of the molecule is Cc1nc(Oc2ccc(CC(C)C)cc2)ncc1C(=O)N[C@@H](CCN)C(=O)N(C)[C@@H]1C(=O)N[C@@H](C)C(=O)N[C@H](C(=O)NCC#N)Cc2ccc(OCCN)c(c2)-c2cc1ccc2OCCN. The summed E-state index contributed by atoms with van der Waals surface area (Å²) >= 11 is 0. The molecule has 5 amide bonds. The zero-order chi connectivity index (χ0) is 47.9. The molecule has 19 nitrogen and oxygen atoms in total. The first kappa shape index (κ1) is 49.9. The van der Waals surface area contributed by atoms with Crippen molar-refractivity contribution in [1.82, 2.24) is 36.1 Å². The van der Waals surface area contributed by atoms with E-state index in [1.54, 1.807) is 43.3 Å². The van der Waals surface area contributed by atoms with Crippen LogP contribution in [0.1, 0.15) is 66.0 Å². The minimum atomic E-state index is -1.41. The molecule has 0 saturated heterocycles. The van der Waals surface area contributed by atoms with Gasteiger partial charge in [0.25, 0.3) is 5.91 Å². The Kier molecular flexibility index (Phi) is 17.9. The minimum Gasteiger partial charge on any atom is -0.492 e. The van der Waals surface area contributed by atoms with Gasteiger partial charge in [-0.2, -0.15) is 10.2 Å². The van der Waals surface area contributed by atoms with Crippen LogP contribution in [0.5, 0.6) is 23.3 Å². The van der Waals surface area contributed by atoms with Crippen LogP contribution in [0, 0.1) is 24.2 Å². The number of rotatable bonds is 18. The molecule has 4 aromatic rings. The first-order chi connectivity index (χ1) is 31.7. The van der Waals surface area contributed by atoms with Gasteiger partial charge in [0.2, 0.25) is 23.6 Å². The van der Waals surface area contributed by atoms with Gasteiger partial charge in [-0.05, 0) is 92.2 Å². The summed E-state index contributed by atoms with van der Waals surface area (Å²) in [7, 11) is 1.40. The first-order valence-corrected chi connectivity index (χ1v) is 21.7. The van der Waals surface area contributed by atoms with Crippen molar-refractivity contribution in [3.8, 4) is 40.5 Å². The van der Waals surface area contributed by atoms with E-state index in [-0.39, 0.29) is 69.5 Å². The van der Waals surface area contributed by atoms with Crippen molar-refractivity contribution in [3.63, 3.8) is 0 Å². The average Bonchev–Trinajstić information content (AvgIpc) is 3.29. The van der Waals surface area contributed by atoms with Crippen LogP contribution in [-0.2, 0) is 32.0 Å². The topological polar surface area (TPSA) is 292 Å². The number of carbonyl (C=O) groups excluding carboxylic acids is 5. The highest BCUT2D eigenvalue weighted by Gasteiger charge is 2.36. The second kappa shape index (κ2) is 23.7. The van der Waals surface area contributed by atoms with Crippen LogP contribution in [0.2, 0.25) is 0 Å². The van der Waals surface area contributed by atoms with Gasteiger partial charge in [0.1, 0.15) is 61.2 Å². The summed E-state index contributed by atoms with van der Waals surface area (Å²) in [6.07, 6.45) is 2.21. The second-order valence-electron chi connectivity index (χ2n) is 16.2. The van der Waals surface area contributed by atoms with Crippen LogP contribution >= 0.6 is 0 Å². The molecule has 4 bridgehead atoms. The molecular weight excluding hydrogens is 847 g/mol. The van der Waals surface area contributed by atoms with Crippen LogP contribution in [-0.4, -0.2) is 109 Å².